The van der Waals surface area contributed by atoms with E-state index in [1.807, 2.05) is 13.8 Å². The summed E-state index contributed by atoms with van der Waals surface area (Å²) in [5.41, 5.74) is 8.44. The fourth-order valence-corrected chi connectivity index (χ4v) is 2.81. The molecule has 0 aliphatic carbocycles. The molecule has 2 rings (SSSR count). The first-order chi connectivity index (χ1) is 13.8. The molecule has 0 aliphatic heterocycles. The summed E-state index contributed by atoms with van der Waals surface area (Å²) in [6, 6.07) is 10.5. The van der Waals surface area contributed by atoms with Gasteiger partial charge in [0.15, 0.2) is 6.04 Å². The van der Waals surface area contributed by atoms with Crippen molar-refractivity contribution in [2.75, 3.05) is 17.2 Å². The van der Waals surface area contributed by atoms with Crippen molar-refractivity contribution in [3.63, 3.8) is 0 Å². The third-order valence-electron chi connectivity index (χ3n) is 4.26. The molecule has 0 aromatic heterocycles. The summed E-state index contributed by atoms with van der Waals surface area (Å²) in [6.07, 6.45) is 1.87. The van der Waals surface area contributed by atoms with Gasteiger partial charge in [-0.15, -0.1) is 12.4 Å². The van der Waals surface area contributed by atoms with Gasteiger partial charge >= 0.3 is 12.0 Å². The maximum absolute atomic E-state index is 12.0. The van der Waals surface area contributed by atoms with Crippen LogP contribution in [0.1, 0.15) is 42.5 Å². The molecule has 1 atom stereocenters. The van der Waals surface area contributed by atoms with Crippen LogP contribution in [0.4, 0.5) is 16.2 Å². The van der Waals surface area contributed by atoms with Crippen LogP contribution in [0.2, 0.25) is 0 Å². The van der Waals surface area contributed by atoms with Gasteiger partial charge in [0, 0.05) is 23.5 Å². The van der Waals surface area contributed by atoms with Crippen molar-refractivity contribution < 1.29 is 14.7 Å². The lowest BCUT2D eigenvalue weighted by molar-refractivity contribution is -0.138. The van der Waals surface area contributed by atoms with Crippen molar-refractivity contribution in [1.82, 2.24) is 5.32 Å². The number of carbonyl (C=O) groups is 2. The Labute approximate surface area is 182 Å². The van der Waals surface area contributed by atoms with E-state index in [1.54, 1.807) is 42.5 Å². The molecular weight excluding hydrogens is 406 g/mol. The molecule has 30 heavy (non-hydrogen) atoms. The third-order valence-corrected chi connectivity index (χ3v) is 4.26. The van der Waals surface area contributed by atoms with Crippen LogP contribution in [0.15, 0.2) is 42.5 Å². The number of amidine groups is 1. The SMILES string of the molecule is CCCCNC(=O)Nc1cc(C)cc(C(Nc2ccc(C(=N)N)cc2)C(=O)O)c1.Cl. The molecule has 0 bridgehead atoms. The standard InChI is InChI=1S/C21H27N5O3.ClH/c1-3-4-9-24-21(29)26-17-11-13(2)10-15(12-17)18(20(27)28)25-16-7-5-14(6-8-16)19(22)23;/h5-8,10-12,18,25H,3-4,9H2,1-2H3,(H3,22,23)(H,27,28)(H2,24,26,29);1H. The number of anilines is 2. The quantitative estimate of drug-likeness (QED) is 0.202. The summed E-state index contributed by atoms with van der Waals surface area (Å²) in [6.45, 7) is 4.46. The largest absolute Gasteiger partial charge is 0.479 e. The minimum Gasteiger partial charge on any atom is -0.479 e. The summed E-state index contributed by atoms with van der Waals surface area (Å²) >= 11 is 0. The smallest absolute Gasteiger partial charge is 0.330 e. The van der Waals surface area contributed by atoms with E-state index in [0.717, 1.165) is 18.4 Å². The minimum atomic E-state index is -1.05. The number of rotatable bonds is 9. The van der Waals surface area contributed by atoms with E-state index >= 15 is 0 Å². The summed E-state index contributed by atoms with van der Waals surface area (Å²) in [7, 11) is 0. The lowest BCUT2D eigenvalue weighted by atomic mass is 10.0. The van der Waals surface area contributed by atoms with Crippen LogP contribution >= 0.6 is 12.4 Å². The van der Waals surface area contributed by atoms with Gasteiger partial charge in [-0.3, -0.25) is 5.41 Å². The molecule has 0 fully saturated rings. The van der Waals surface area contributed by atoms with E-state index in [4.69, 9.17) is 11.1 Å². The predicted octanol–water partition coefficient (Wildman–Crippen LogP) is 3.86. The number of carboxylic acid groups (broad SMARTS) is 1. The Hall–Kier alpha value is -3.26. The summed E-state index contributed by atoms with van der Waals surface area (Å²) in [5, 5.41) is 25.6. The molecule has 2 amide bonds. The van der Waals surface area contributed by atoms with Gasteiger partial charge in [-0.1, -0.05) is 19.4 Å². The third kappa shape index (κ3) is 7.29. The Morgan fingerprint density at radius 3 is 2.37 bits per heavy atom. The predicted molar refractivity (Wildman–Crippen MR) is 122 cm³/mol. The van der Waals surface area contributed by atoms with Gasteiger partial charge in [-0.05, 0) is 60.9 Å². The van der Waals surface area contributed by atoms with Crippen LogP contribution in [-0.4, -0.2) is 29.5 Å². The summed E-state index contributed by atoms with van der Waals surface area (Å²) < 4.78 is 0. The molecule has 0 saturated heterocycles. The molecule has 9 heteroatoms. The first kappa shape index (κ1) is 24.8. The van der Waals surface area contributed by atoms with E-state index in [0.29, 0.717) is 29.0 Å². The molecule has 1 unspecified atom stereocenters. The topological polar surface area (TPSA) is 140 Å². The fourth-order valence-electron chi connectivity index (χ4n) is 2.81. The fraction of sp³-hybridized carbons (Fsp3) is 0.286. The molecule has 2 aromatic rings. The zero-order chi connectivity index (χ0) is 21.4. The van der Waals surface area contributed by atoms with Gasteiger partial charge in [-0.2, -0.15) is 0 Å². The van der Waals surface area contributed by atoms with Gasteiger partial charge < -0.3 is 26.8 Å². The Morgan fingerprint density at radius 1 is 1.13 bits per heavy atom. The number of urea groups is 1. The Kier molecular flexibility index (Phi) is 9.64. The molecular formula is C21H28ClN5O3. The number of carbonyl (C=O) groups excluding carboxylic acids is 1. The number of benzene rings is 2. The van der Waals surface area contributed by atoms with Crippen LogP contribution in [-0.2, 0) is 4.79 Å². The molecule has 0 aliphatic rings. The van der Waals surface area contributed by atoms with Crippen molar-refractivity contribution in [1.29, 1.82) is 5.41 Å². The van der Waals surface area contributed by atoms with Crippen molar-refractivity contribution in [2.24, 2.45) is 5.73 Å². The average molecular weight is 434 g/mol. The number of nitrogens with two attached hydrogens (primary N) is 1. The molecule has 0 spiro atoms. The highest BCUT2D eigenvalue weighted by molar-refractivity contribution is 5.95. The number of nitrogen functional groups attached to an aromatic ring is 1. The van der Waals surface area contributed by atoms with E-state index in [2.05, 4.69) is 16.0 Å². The molecule has 0 radical (unpaired) electrons. The number of nitrogens with one attached hydrogen (secondary N) is 4. The highest BCUT2D eigenvalue weighted by Gasteiger charge is 2.21. The molecule has 8 nitrogen and oxygen atoms in total. The van der Waals surface area contributed by atoms with E-state index < -0.39 is 12.0 Å². The van der Waals surface area contributed by atoms with E-state index in [-0.39, 0.29) is 24.3 Å². The second kappa shape index (κ2) is 11.7. The highest BCUT2D eigenvalue weighted by atomic mass is 35.5. The number of unbranched alkanes of at least 4 members (excludes halogenated alkanes) is 1. The minimum absolute atomic E-state index is 0. The van der Waals surface area contributed by atoms with Crippen molar-refractivity contribution in [3.8, 4) is 0 Å². The van der Waals surface area contributed by atoms with Gasteiger partial charge in [0.1, 0.15) is 5.84 Å². The maximum atomic E-state index is 12.0. The normalized spacial score (nSPS) is 11.0. The Bertz CT molecular complexity index is 887. The molecule has 162 valence electrons. The van der Waals surface area contributed by atoms with Crippen LogP contribution in [0.5, 0.6) is 0 Å². The van der Waals surface area contributed by atoms with Crippen LogP contribution in [0.25, 0.3) is 0 Å². The number of halogens is 1. The van der Waals surface area contributed by atoms with Crippen LogP contribution < -0.4 is 21.7 Å². The van der Waals surface area contributed by atoms with Crippen LogP contribution in [0.3, 0.4) is 0 Å². The molecule has 7 N–H and O–H groups in total. The zero-order valence-corrected chi connectivity index (χ0v) is 17.8. The van der Waals surface area contributed by atoms with E-state index in [1.165, 1.54) is 0 Å². The number of aliphatic carboxylic acids is 1. The second-order valence-corrected chi connectivity index (χ2v) is 6.77. The average Bonchev–Trinajstić information content (AvgIpc) is 2.66. The van der Waals surface area contributed by atoms with Crippen molar-refractivity contribution in [2.45, 2.75) is 32.7 Å². The Morgan fingerprint density at radius 2 is 1.80 bits per heavy atom. The lowest BCUT2D eigenvalue weighted by Gasteiger charge is -2.18. The highest BCUT2D eigenvalue weighted by Crippen LogP contribution is 2.25. The lowest BCUT2D eigenvalue weighted by Crippen LogP contribution is -2.29. The molecule has 2 aromatic carbocycles. The van der Waals surface area contributed by atoms with Crippen LogP contribution in [0, 0.1) is 12.3 Å². The number of amides is 2. The number of hydrogen-bond donors (Lipinski definition) is 6. The maximum Gasteiger partial charge on any atom is 0.330 e. The van der Waals surface area contributed by atoms with Gasteiger partial charge in [0.2, 0.25) is 0 Å². The number of carboxylic acids is 1. The number of hydrogen-bond acceptors (Lipinski definition) is 4. The first-order valence-electron chi connectivity index (χ1n) is 9.40. The van der Waals surface area contributed by atoms with Gasteiger partial charge in [0.05, 0.1) is 0 Å². The van der Waals surface area contributed by atoms with Crippen molar-refractivity contribution in [3.05, 3.63) is 59.2 Å². The van der Waals surface area contributed by atoms with E-state index in [9.17, 15) is 14.7 Å². The van der Waals surface area contributed by atoms with Gasteiger partial charge in [0.25, 0.3) is 0 Å². The van der Waals surface area contributed by atoms with Gasteiger partial charge in [-0.25, -0.2) is 9.59 Å². The molecule has 0 heterocycles. The van der Waals surface area contributed by atoms with Crippen molar-refractivity contribution >= 4 is 41.6 Å². The Balaban J connectivity index is 0.00000450. The zero-order valence-electron chi connectivity index (χ0n) is 17.0. The number of aryl methyl sites for hydroxylation is 1. The first-order valence-corrected chi connectivity index (χ1v) is 9.40. The second-order valence-electron chi connectivity index (χ2n) is 6.77. The summed E-state index contributed by atoms with van der Waals surface area (Å²) in [4.78, 5) is 23.9. The molecule has 0 saturated carbocycles. The summed E-state index contributed by atoms with van der Waals surface area (Å²) in [5.74, 6) is -1.11. The monoisotopic (exact) mass is 433 g/mol.